The van der Waals surface area contributed by atoms with Crippen molar-refractivity contribution in [3.63, 3.8) is 0 Å². The molecule has 29 heavy (non-hydrogen) atoms. The zero-order valence-corrected chi connectivity index (χ0v) is 17.3. The molecule has 0 spiro atoms. The number of rotatable bonds is 6. The SMILES string of the molecule is COc1ccc(CO[C@@H]2C[C@@]3(C4=CCC(C)(C)C4)COC(=O)[C@@H](CO)[C@@]23O)cc1. The molecule has 1 heterocycles. The Morgan fingerprint density at radius 2 is 1.97 bits per heavy atom. The number of fused-ring (bicyclic) bond motifs is 1. The van der Waals surface area contributed by atoms with Gasteiger partial charge in [0.25, 0.3) is 0 Å². The lowest BCUT2D eigenvalue weighted by atomic mass is 9.46. The lowest BCUT2D eigenvalue weighted by Crippen LogP contribution is -2.77. The predicted octanol–water partition coefficient (Wildman–Crippen LogP) is 2.61. The van der Waals surface area contributed by atoms with Crippen molar-refractivity contribution in [1.82, 2.24) is 0 Å². The second-order valence-corrected chi connectivity index (χ2v) is 9.38. The number of hydrogen-bond acceptors (Lipinski definition) is 6. The summed E-state index contributed by atoms with van der Waals surface area (Å²) in [6.45, 7) is 4.38. The van der Waals surface area contributed by atoms with Crippen molar-refractivity contribution in [3.8, 4) is 5.75 Å². The minimum absolute atomic E-state index is 0.121. The first-order chi connectivity index (χ1) is 13.8. The fourth-order valence-corrected chi connectivity index (χ4v) is 5.24. The van der Waals surface area contributed by atoms with Gasteiger partial charge in [-0.25, -0.2) is 0 Å². The average molecular weight is 402 g/mol. The third-order valence-electron chi connectivity index (χ3n) is 7.05. The molecule has 0 amide bonds. The first-order valence-electron chi connectivity index (χ1n) is 10.2. The molecule has 6 nitrogen and oxygen atoms in total. The molecule has 6 heteroatoms. The van der Waals surface area contributed by atoms with Gasteiger partial charge in [-0.3, -0.25) is 4.79 Å². The summed E-state index contributed by atoms with van der Waals surface area (Å²) < 4.78 is 16.7. The maximum atomic E-state index is 12.4. The van der Waals surface area contributed by atoms with E-state index in [-0.39, 0.29) is 12.0 Å². The smallest absolute Gasteiger partial charge is 0.314 e. The molecular formula is C23H30O6. The quantitative estimate of drug-likeness (QED) is 0.562. The van der Waals surface area contributed by atoms with E-state index in [0.29, 0.717) is 13.0 Å². The third-order valence-corrected chi connectivity index (χ3v) is 7.05. The third kappa shape index (κ3) is 3.09. The summed E-state index contributed by atoms with van der Waals surface area (Å²) in [7, 11) is 1.62. The number of esters is 1. The number of benzene rings is 1. The lowest BCUT2D eigenvalue weighted by molar-refractivity contribution is -0.309. The van der Waals surface area contributed by atoms with Gasteiger partial charge in [0.05, 0.1) is 31.8 Å². The summed E-state index contributed by atoms with van der Waals surface area (Å²) in [5.74, 6) is -0.794. The number of carbonyl (C=O) groups is 1. The summed E-state index contributed by atoms with van der Waals surface area (Å²) in [4.78, 5) is 12.4. The maximum Gasteiger partial charge on any atom is 0.314 e. The molecule has 0 radical (unpaired) electrons. The number of carbonyl (C=O) groups excluding carboxylic acids is 1. The molecule has 2 fully saturated rings. The van der Waals surface area contributed by atoms with Crippen molar-refractivity contribution in [1.29, 1.82) is 0 Å². The Morgan fingerprint density at radius 3 is 2.55 bits per heavy atom. The van der Waals surface area contributed by atoms with Crippen LogP contribution < -0.4 is 4.74 Å². The molecule has 2 N–H and O–H groups in total. The number of ether oxygens (including phenoxy) is 3. The van der Waals surface area contributed by atoms with Crippen molar-refractivity contribution < 1.29 is 29.2 Å². The Bertz CT molecular complexity index is 813. The first kappa shape index (κ1) is 20.4. The fraction of sp³-hybridized carbons (Fsp3) is 0.609. The van der Waals surface area contributed by atoms with Crippen LogP contribution in [0.2, 0.25) is 0 Å². The molecule has 3 aliphatic rings. The van der Waals surface area contributed by atoms with E-state index in [9.17, 15) is 15.0 Å². The topological polar surface area (TPSA) is 85.2 Å². The number of aliphatic hydroxyl groups excluding tert-OH is 1. The normalized spacial score (nSPS) is 35.3. The van der Waals surface area contributed by atoms with E-state index in [0.717, 1.165) is 29.7 Å². The summed E-state index contributed by atoms with van der Waals surface area (Å²) in [5, 5.41) is 21.7. The van der Waals surface area contributed by atoms with Crippen molar-refractivity contribution in [3.05, 3.63) is 41.5 Å². The zero-order chi connectivity index (χ0) is 20.9. The predicted molar refractivity (Wildman–Crippen MR) is 106 cm³/mol. The first-order valence-corrected chi connectivity index (χ1v) is 10.2. The van der Waals surface area contributed by atoms with E-state index in [2.05, 4.69) is 19.9 Å². The van der Waals surface area contributed by atoms with Gasteiger partial charge in [-0.15, -0.1) is 0 Å². The number of methoxy groups -OCH3 is 1. The highest BCUT2D eigenvalue weighted by atomic mass is 16.6. The fourth-order valence-electron chi connectivity index (χ4n) is 5.24. The Balaban J connectivity index is 1.57. The van der Waals surface area contributed by atoms with Gasteiger partial charge in [-0.05, 0) is 42.4 Å². The van der Waals surface area contributed by atoms with Crippen LogP contribution in [0.25, 0.3) is 0 Å². The van der Waals surface area contributed by atoms with E-state index in [1.54, 1.807) is 7.11 Å². The van der Waals surface area contributed by atoms with Gasteiger partial charge in [0, 0.05) is 0 Å². The molecule has 158 valence electrons. The van der Waals surface area contributed by atoms with Gasteiger partial charge in [-0.2, -0.15) is 0 Å². The van der Waals surface area contributed by atoms with Crippen LogP contribution in [0.1, 0.15) is 38.7 Å². The van der Waals surface area contributed by atoms with Crippen LogP contribution in [0.3, 0.4) is 0 Å². The number of cyclic esters (lactones) is 1. The summed E-state index contributed by atoms with van der Waals surface area (Å²) in [6.07, 6.45) is 3.98. The number of hydrogen-bond donors (Lipinski definition) is 2. The summed E-state index contributed by atoms with van der Waals surface area (Å²) in [6, 6.07) is 7.54. The van der Waals surface area contributed by atoms with E-state index in [4.69, 9.17) is 14.2 Å². The highest BCUT2D eigenvalue weighted by Gasteiger charge is 2.74. The van der Waals surface area contributed by atoms with Gasteiger partial charge < -0.3 is 24.4 Å². The highest BCUT2D eigenvalue weighted by molar-refractivity contribution is 5.77. The van der Waals surface area contributed by atoms with E-state index < -0.39 is 35.6 Å². The van der Waals surface area contributed by atoms with Crippen LogP contribution in [-0.4, -0.2) is 48.2 Å². The maximum absolute atomic E-state index is 12.4. The molecule has 1 aromatic carbocycles. The highest BCUT2D eigenvalue weighted by Crippen LogP contribution is 2.64. The zero-order valence-electron chi connectivity index (χ0n) is 17.3. The molecule has 1 saturated carbocycles. The summed E-state index contributed by atoms with van der Waals surface area (Å²) in [5.41, 5.74) is 0.0610. The lowest BCUT2D eigenvalue weighted by Gasteiger charge is -2.65. The molecule has 1 aliphatic heterocycles. The van der Waals surface area contributed by atoms with Crippen molar-refractivity contribution in [2.24, 2.45) is 16.7 Å². The average Bonchev–Trinajstić information content (AvgIpc) is 3.06. The Morgan fingerprint density at radius 1 is 1.24 bits per heavy atom. The Hall–Kier alpha value is -1.89. The second kappa shape index (κ2) is 7.11. The number of aliphatic hydroxyl groups is 2. The van der Waals surface area contributed by atoms with E-state index in [1.807, 2.05) is 24.3 Å². The molecule has 0 unspecified atom stereocenters. The molecule has 4 rings (SSSR count). The molecular weight excluding hydrogens is 372 g/mol. The van der Waals surface area contributed by atoms with Crippen molar-refractivity contribution in [2.45, 2.75) is 51.4 Å². The largest absolute Gasteiger partial charge is 0.497 e. The molecule has 0 aromatic heterocycles. The van der Waals surface area contributed by atoms with Crippen molar-refractivity contribution in [2.75, 3.05) is 20.3 Å². The molecule has 1 aromatic rings. The van der Waals surface area contributed by atoms with Crippen LogP contribution in [-0.2, 0) is 20.9 Å². The molecule has 1 saturated heterocycles. The van der Waals surface area contributed by atoms with Crippen LogP contribution in [0.4, 0.5) is 0 Å². The standard InChI is InChI=1S/C23H30O6/c1-21(2)9-8-16(10-21)22-11-19(23(22,26)18(12-24)20(25)29-14-22)28-13-15-4-6-17(27-3)7-5-15/h4-8,18-19,24,26H,9-14H2,1-3H3/t18-,19-,22+,23-/m1/s1. The van der Waals surface area contributed by atoms with E-state index >= 15 is 0 Å². The monoisotopic (exact) mass is 402 g/mol. The Labute approximate surface area is 171 Å². The van der Waals surface area contributed by atoms with Gasteiger partial charge >= 0.3 is 5.97 Å². The van der Waals surface area contributed by atoms with Gasteiger partial charge in [0.1, 0.15) is 23.9 Å². The Kier molecular flexibility index (Phi) is 5.00. The minimum Gasteiger partial charge on any atom is -0.497 e. The molecule has 2 aliphatic carbocycles. The van der Waals surface area contributed by atoms with E-state index in [1.165, 1.54) is 0 Å². The van der Waals surface area contributed by atoms with Gasteiger partial charge in [-0.1, -0.05) is 37.6 Å². The van der Waals surface area contributed by atoms with Crippen LogP contribution in [0, 0.1) is 16.7 Å². The second-order valence-electron chi connectivity index (χ2n) is 9.38. The van der Waals surface area contributed by atoms with Gasteiger partial charge in [0.15, 0.2) is 0 Å². The molecule has 4 atom stereocenters. The summed E-state index contributed by atoms with van der Waals surface area (Å²) >= 11 is 0. The van der Waals surface area contributed by atoms with Crippen LogP contribution in [0.15, 0.2) is 35.9 Å². The van der Waals surface area contributed by atoms with Gasteiger partial charge in [0.2, 0.25) is 0 Å². The van der Waals surface area contributed by atoms with Crippen molar-refractivity contribution >= 4 is 5.97 Å². The van der Waals surface area contributed by atoms with Crippen LogP contribution >= 0.6 is 0 Å². The van der Waals surface area contributed by atoms with Crippen LogP contribution in [0.5, 0.6) is 5.75 Å². The molecule has 0 bridgehead atoms. The number of allylic oxidation sites excluding steroid dienone is 1. The minimum atomic E-state index is -1.46.